The predicted molar refractivity (Wildman–Crippen MR) is 138 cm³/mol. The number of hydrogen-bond donors (Lipinski definition) is 0. The molecule has 3 aromatic rings. The van der Waals surface area contributed by atoms with Crippen LogP contribution in [0.4, 0.5) is 24.4 Å². The minimum atomic E-state index is -1.46. The van der Waals surface area contributed by atoms with Gasteiger partial charge in [0, 0.05) is 42.3 Å². The number of nitrogens with zero attached hydrogens (tertiary/aromatic N) is 4. The summed E-state index contributed by atoms with van der Waals surface area (Å²) in [5.41, 5.74) is -1.54. The highest BCUT2D eigenvalue weighted by Gasteiger charge is 2.48. The van der Waals surface area contributed by atoms with Crippen molar-refractivity contribution in [2.24, 2.45) is 0 Å². The number of urea groups is 1. The fourth-order valence-electron chi connectivity index (χ4n) is 3.99. The van der Waals surface area contributed by atoms with Crippen LogP contribution in [0.3, 0.4) is 0 Å². The lowest BCUT2D eigenvalue weighted by atomic mass is 9.93. The molecule has 4 rings (SSSR count). The molecule has 0 spiro atoms. The SMILES string of the molecule is Cc1cnc(N(C)CCN2C(=O)N(c3c(F)cc(C#Cc4ccccc4)cc3F)C(=O)CC2(C)C=O)s1. The average molecular weight is 523 g/mol. The molecule has 3 amide bonds. The van der Waals surface area contributed by atoms with E-state index in [0.29, 0.717) is 21.9 Å². The summed E-state index contributed by atoms with van der Waals surface area (Å²) in [7, 11) is 1.78. The number of halogens is 2. The van der Waals surface area contributed by atoms with Crippen molar-refractivity contribution in [3.05, 3.63) is 76.3 Å². The summed E-state index contributed by atoms with van der Waals surface area (Å²) < 4.78 is 30.3. The van der Waals surface area contributed by atoms with Crippen molar-refractivity contribution in [3.63, 3.8) is 0 Å². The quantitative estimate of drug-likeness (QED) is 0.355. The summed E-state index contributed by atoms with van der Waals surface area (Å²) in [4.78, 5) is 47.1. The highest BCUT2D eigenvalue weighted by Crippen LogP contribution is 2.33. The van der Waals surface area contributed by atoms with Gasteiger partial charge in [-0.2, -0.15) is 0 Å². The second-order valence-electron chi connectivity index (χ2n) is 8.89. The first-order chi connectivity index (χ1) is 17.6. The number of aldehydes is 1. The predicted octanol–water partition coefficient (Wildman–Crippen LogP) is 4.38. The molecule has 10 heteroatoms. The van der Waals surface area contributed by atoms with Crippen LogP contribution in [0.5, 0.6) is 0 Å². The first kappa shape index (κ1) is 26.0. The third kappa shape index (κ3) is 5.37. The van der Waals surface area contributed by atoms with Gasteiger partial charge in [-0.05, 0) is 38.1 Å². The van der Waals surface area contributed by atoms with Crippen LogP contribution in [0.25, 0.3) is 0 Å². The highest BCUT2D eigenvalue weighted by atomic mass is 32.1. The van der Waals surface area contributed by atoms with Crippen molar-refractivity contribution in [2.45, 2.75) is 25.8 Å². The van der Waals surface area contributed by atoms with Gasteiger partial charge in [0.15, 0.2) is 16.8 Å². The largest absolute Gasteiger partial charge is 0.349 e. The maximum atomic E-state index is 15.2. The van der Waals surface area contributed by atoms with Crippen molar-refractivity contribution in [1.82, 2.24) is 9.88 Å². The number of aromatic nitrogens is 1. The number of imide groups is 1. The van der Waals surface area contributed by atoms with E-state index in [2.05, 4.69) is 16.8 Å². The van der Waals surface area contributed by atoms with E-state index in [-0.39, 0.29) is 18.7 Å². The van der Waals surface area contributed by atoms with Gasteiger partial charge in [-0.3, -0.25) is 4.79 Å². The molecule has 190 valence electrons. The van der Waals surface area contributed by atoms with E-state index in [1.807, 2.05) is 13.0 Å². The second-order valence-corrected chi connectivity index (χ2v) is 10.1. The topological polar surface area (TPSA) is 73.8 Å². The minimum Gasteiger partial charge on any atom is -0.349 e. The van der Waals surface area contributed by atoms with Crippen LogP contribution in [0.2, 0.25) is 0 Å². The normalized spacial score (nSPS) is 17.4. The van der Waals surface area contributed by atoms with Crippen molar-refractivity contribution < 1.29 is 23.2 Å². The lowest BCUT2D eigenvalue weighted by molar-refractivity contribution is -0.128. The summed E-state index contributed by atoms with van der Waals surface area (Å²) in [6, 6.07) is 9.89. The molecule has 1 unspecified atom stereocenters. The fraction of sp³-hybridized carbons (Fsp3) is 0.259. The van der Waals surface area contributed by atoms with Crippen molar-refractivity contribution in [1.29, 1.82) is 0 Å². The Hall–Kier alpha value is -4.10. The van der Waals surface area contributed by atoms with Gasteiger partial charge in [-0.25, -0.2) is 23.5 Å². The lowest BCUT2D eigenvalue weighted by Gasteiger charge is -2.44. The second kappa shape index (κ2) is 10.5. The summed E-state index contributed by atoms with van der Waals surface area (Å²) in [6.45, 7) is 3.67. The van der Waals surface area contributed by atoms with Gasteiger partial charge in [-0.1, -0.05) is 30.0 Å². The molecule has 1 aliphatic heterocycles. The molecule has 1 saturated heterocycles. The number of benzene rings is 2. The molecule has 7 nitrogen and oxygen atoms in total. The fourth-order valence-corrected chi connectivity index (χ4v) is 4.73. The summed E-state index contributed by atoms with van der Waals surface area (Å²) in [5, 5.41) is 0.715. The number of anilines is 2. The molecule has 1 aliphatic rings. The molecule has 0 radical (unpaired) electrons. The Morgan fingerprint density at radius 2 is 1.78 bits per heavy atom. The Morgan fingerprint density at radius 1 is 1.14 bits per heavy atom. The number of carbonyl (C=O) groups is 3. The van der Waals surface area contributed by atoms with E-state index in [0.717, 1.165) is 17.0 Å². The number of thiazole rings is 1. The van der Waals surface area contributed by atoms with Gasteiger partial charge >= 0.3 is 6.03 Å². The Labute approximate surface area is 217 Å². The van der Waals surface area contributed by atoms with E-state index in [9.17, 15) is 14.4 Å². The van der Waals surface area contributed by atoms with Crippen molar-refractivity contribution in [2.75, 3.05) is 29.9 Å². The van der Waals surface area contributed by atoms with Crippen LogP contribution in [-0.2, 0) is 9.59 Å². The summed E-state index contributed by atoms with van der Waals surface area (Å²) in [6.07, 6.45) is 1.82. The highest BCUT2D eigenvalue weighted by molar-refractivity contribution is 7.15. The number of hydrogen-bond acceptors (Lipinski definition) is 6. The summed E-state index contributed by atoms with van der Waals surface area (Å²) in [5.74, 6) is 2.41. The monoisotopic (exact) mass is 522 g/mol. The first-order valence-corrected chi connectivity index (χ1v) is 12.2. The van der Waals surface area contributed by atoms with Crippen LogP contribution in [0.1, 0.15) is 29.3 Å². The van der Waals surface area contributed by atoms with E-state index < -0.39 is 41.2 Å². The van der Waals surface area contributed by atoms with Gasteiger partial charge in [0.2, 0.25) is 5.91 Å². The van der Waals surface area contributed by atoms with Gasteiger partial charge in [0.25, 0.3) is 0 Å². The molecule has 37 heavy (non-hydrogen) atoms. The average Bonchev–Trinajstić information content (AvgIpc) is 3.31. The first-order valence-electron chi connectivity index (χ1n) is 11.4. The third-order valence-electron chi connectivity index (χ3n) is 6.01. The molecule has 1 aromatic heterocycles. The molecule has 2 heterocycles. The Kier molecular flexibility index (Phi) is 7.36. The van der Waals surface area contributed by atoms with Crippen molar-refractivity contribution >= 4 is 40.4 Å². The van der Waals surface area contributed by atoms with Crippen LogP contribution in [-0.4, -0.2) is 53.8 Å². The minimum absolute atomic E-state index is 0.0247. The lowest BCUT2D eigenvalue weighted by Crippen LogP contribution is -2.65. The number of rotatable bonds is 6. The molecule has 2 aromatic carbocycles. The maximum Gasteiger partial charge on any atom is 0.332 e. The number of aryl methyl sites for hydroxylation is 1. The zero-order valence-electron chi connectivity index (χ0n) is 20.5. The Bertz CT molecular complexity index is 1390. The third-order valence-corrected chi connectivity index (χ3v) is 7.04. The van der Waals surface area contributed by atoms with E-state index >= 15 is 8.78 Å². The molecule has 1 fully saturated rings. The summed E-state index contributed by atoms with van der Waals surface area (Å²) >= 11 is 1.46. The van der Waals surface area contributed by atoms with Gasteiger partial charge in [0.05, 0.1) is 6.42 Å². The smallest absolute Gasteiger partial charge is 0.332 e. The molecular weight excluding hydrogens is 498 g/mol. The standard InChI is InChI=1S/C27H24F2N4O3S/c1-18-16-30-25(37-18)31(3)11-12-32-26(36)33(23(35)15-27(32,2)17-34)24-21(28)13-20(14-22(24)29)10-9-19-7-5-4-6-8-19/h4-8,13-14,16-17H,11-12,15H2,1-3H3. The molecule has 0 aliphatic carbocycles. The Balaban J connectivity index is 1.62. The molecule has 1 atom stereocenters. The Morgan fingerprint density at radius 3 is 2.38 bits per heavy atom. The van der Waals surface area contributed by atoms with E-state index in [4.69, 9.17) is 0 Å². The zero-order valence-corrected chi connectivity index (χ0v) is 21.3. The zero-order chi connectivity index (χ0) is 26.7. The van der Waals surface area contributed by atoms with E-state index in [1.165, 1.54) is 23.2 Å². The number of likely N-dealkylation sites (N-methyl/N-ethyl adjacent to an activating group) is 1. The van der Waals surface area contributed by atoms with E-state index in [1.54, 1.807) is 42.4 Å². The van der Waals surface area contributed by atoms with Crippen LogP contribution < -0.4 is 9.80 Å². The number of carbonyl (C=O) groups excluding carboxylic acids is 3. The molecule has 0 saturated carbocycles. The van der Waals surface area contributed by atoms with Gasteiger partial charge < -0.3 is 14.6 Å². The molecule has 0 N–H and O–H groups in total. The van der Waals surface area contributed by atoms with Gasteiger partial charge in [-0.15, -0.1) is 11.3 Å². The maximum absolute atomic E-state index is 15.2. The van der Waals surface area contributed by atoms with Crippen molar-refractivity contribution in [3.8, 4) is 11.8 Å². The molecule has 0 bridgehead atoms. The van der Waals surface area contributed by atoms with Crippen LogP contribution in [0, 0.1) is 30.4 Å². The van der Waals surface area contributed by atoms with Crippen LogP contribution >= 0.6 is 11.3 Å². The van der Waals surface area contributed by atoms with Gasteiger partial charge in [0.1, 0.15) is 17.5 Å². The van der Waals surface area contributed by atoms with Crippen LogP contribution in [0.15, 0.2) is 48.7 Å². The molecular formula is C27H24F2N4O3S. The number of amides is 3.